The summed E-state index contributed by atoms with van der Waals surface area (Å²) >= 11 is 0. The van der Waals surface area contributed by atoms with Crippen LogP contribution in [0, 0.1) is 0 Å². The number of sulfonamides is 1. The average Bonchev–Trinajstić information content (AvgIpc) is 3.22. The van der Waals surface area contributed by atoms with Crippen LogP contribution in [0.25, 0.3) is 0 Å². The second kappa shape index (κ2) is 9.60. The molecule has 0 atom stereocenters. The number of hydrogen-bond acceptors (Lipinski definition) is 5. The van der Waals surface area contributed by atoms with Crippen molar-refractivity contribution in [1.82, 2.24) is 5.32 Å². The van der Waals surface area contributed by atoms with E-state index in [4.69, 9.17) is 4.74 Å². The van der Waals surface area contributed by atoms with Gasteiger partial charge in [0.15, 0.2) is 0 Å². The highest BCUT2D eigenvalue weighted by Gasteiger charge is 2.28. The molecule has 170 valence electrons. The molecule has 2 heterocycles. The van der Waals surface area contributed by atoms with Crippen molar-refractivity contribution in [2.75, 3.05) is 35.1 Å². The molecule has 32 heavy (non-hydrogen) atoms. The van der Waals surface area contributed by atoms with Crippen LogP contribution in [-0.2, 0) is 32.5 Å². The van der Waals surface area contributed by atoms with E-state index in [-0.39, 0.29) is 30.5 Å². The van der Waals surface area contributed by atoms with Crippen LogP contribution in [0.2, 0.25) is 0 Å². The topological polar surface area (TPSA) is 105 Å². The Balaban J connectivity index is 1.16. The van der Waals surface area contributed by atoms with Crippen molar-refractivity contribution < 1.29 is 22.7 Å². The largest absolute Gasteiger partial charge is 0.494 e. The van der Waals surface area contributed by atoms with Gasteiger partial charge in [0.2, 0.25) is 21.8 Å². The Bertz CT molecular complexity index is 1120. The number of para-hydroxylation sites is 1. The lowest BCUT2D eigenvalue weighted by Gasteiger charge is -2.19. The third kappa shape index (κ3) is 5.21. The van der Waals surface area contributed by atoms with E-state index in [1.165, 1.54) is 4.31 Å². The van der Waals surface area contributed by atoms with Gasteiger partial charge in [0.1, 0.15) is 5.75 Å². The molecule has 0 bridgehead atoms. The zero-order chi connectivity index (χ0) is 22.6. The number of rotatable bonds is 9. The summed E-state index contributed by atoms with van der Waals surface area (Å²) in [6, 6.07) is 13.0. The van der Waals surface area contributed by atoms with Gasteiger partial charge in [-0.1, -0.05) is 18.2 Å². The Morgan fingerprint density at radius 1 is 1.09 bits per heavy atom. The summed E-state index contributed by atoms with van der Waals surface area (Å²) in [4.78, 5) is 23.5. The van der Waals surface area contributed by atoms with E-state index in [0.717, 1.165) is 22.5 Å². The Labute approximate surface area is 188 Å². The molecule has 0 radical (unpaired) electrons. The highest BCUT2D eigenvalue weighted by atomic mass is 32.2. The quantitative estimate of drug-likeness (QED) is 0.562. The van der Waals surface area contributed by atoms with E-state index >= 15 is 0 Å². The van der Waals surface area contributed by atoms with Gasteiger partial charge in [0.25, 0.3) is 0 Å². The lowest BCUT2D eigenvalue weighted by molar-refractivity contribution is -0.121. The van der Waals surface area contributed by atoms with Crippen molar-refractivity contribution in [3.05, 3.63) is 53.6 Å². The number of aryl methyl sites for hydroxylation is 1. The smallest absolute Gasteiger partial charge is 0.236 e. The number of nitrogens with one attached hydrogen (secondary N) is 2. The van der Waals surface area contributed by atoms with Crippen molar-refractivity contribution in [3.63, 3.8) is 0 Å². The molecule has 2 amide bonds. The molecule has 0 saturated carbocycles. The summed E-state index contributed by atoms with van der Waals surface area (Å²) in [5.41, 5.74) is 3.63. The van der Waals surface area contributed by atoms with E-state index in [9.17, 15) is 18.0 Å². The number of carbonyl (C=O) groups is 2. The molecule has 2 aromatic rings. The maximum Gasteiger partial charge on any atom is 0.236 e. The number of hydrogen-bond donors (Lipinski definition) is 2. The van der Waals surface area contributed by atoms with Gasteiger partial charge in [0.05, 0.1) is 18.0 Å². The van der Waals surface area contributed by atoms with Gasteiger partial charge < -0.3 is 15.4 Å². The molecule has 0 aliphatic carbocycles. The number of ether oxygens (including phenoxy) is 1. The monoisotopic (exact) mass is 457 g/mol. The molecule has 2 aliphatic heterocycles. The number of nitrogens with zero attached hydrogens (tertiary/aromatic N) is 1. The minimum Gasteiger partial charge on any atom is -0.494 e. The predicted octanol–water partition coefficient (Wildman–Crippen LogP) is 2.24. The predicted molar refractivity (Wildman–Crippen MR) is 122 cm³/mol. The summed E-state index contributed by atoms with van der Waals surface area (Å²) in [5.74, 6) is 0.404. The standard InChI is InChI=1S/C23H27N3O5S/c27-22(6-3-14-31-19-8-9-20-18(16-19)7-10-23(28)25-20)24-12-15-32(29,30)26-13-11-17-4-1-2-5-21(17)26/h1-2,4-5,8-9,16H,3,6-7,10-15H2,(H,24,27)(H,25,28). The zero-order valence-electron chi connectivity index (χ0n) is 17.8. The molecule has 9 heteroatoms. The lowest BCUT2D eigenvalue weighted by atomic mass is 10.0. The molecule has 0 spiro atoms. The first-order valence-corrected chi connectivity index (χ1v) is 12.4. The summed E-state index contributed by atoms with van der Waals surface area (Å²) in [6.45, 7) is 0.903. The van der Waals surface area contributed by atoms with Gasteiger partial charge in [-0.15, -0.1) is 0 Å². The van der Waals surface area contributed by atoms with E-state index in [1.807, 2.05) is 36.4 Å². The fourth-order valence-corrected chi connectivity index (χ4v) is 5.41. The number of benzene rings is 2. The minimum atomic E-state index is -3.47. The lowest BCUT2D eigenvalue weighted by Crippen LogP contribution is -2.37. The first-order valence-electron chi connectivity index (χ1n) is 10.8. The van der Waals surface area contributed by atoms with Gasteiger partial charge in [-0.05, 0) is 54.7 Å². The van der Waals surface area contributed by atoms with Crippen LogP contribution in [0.5, 0.6) is 5.75 Å². The molecular formula is C23H27N3O5S. The summed E-state index contributed by atoms with van der Waals surface area (Å²) in [5, 5.41) is 5.52. The molecule has 2 aliphatic rings. The number of fused-ring (bicyclic) bond motifs is 2. The molecule has 2 N–H and O–H groups in total. The Kier molecular flexibility index (Phi) is 6.64. The second-order valence-electron chi connectivity index (χ2n) is 7.94. The first kappa shape index (κ1) is 22.1. The van der Waals surface area contributed by atoms with Crippen molar-refractivity contribution in [3.8, 4) is 5.75 Å². The fraction of sp³-hybridized carbons (Fsp3) is 0.391. The van der Waals surface area contributed by atoms with E-state index in [2.05, 4.69) is 10.6 Å². The van der Waals surface area contributed by atoms with Gasteiger partial charge in [-0.25, -0.2) is 8.42 Å². The van der Waals surface area contributed by atoms with E-state index < -0.39 is 10.0 Å². The molecule has 0 aromatic heterocycles. The van der Waals surface area contributed by atoms with Crippen molar-refractivity contribution in [2.45, 2.75) is 32.1 Å². The van der Waals surface area contributed by atoms with Crippen LogP contribution in [0.15, 0.2) is 42.5 Å². The molecule has 0 fully saturated rings. The van der Waals surface area contributed by atoms with Crippen LogP contribution in [-0.4, -0.2) is 45.7 Å². The summed E-state index contributed by atoms with van der Waals surface area (Å²) < 4.78 is 32.4. The minimum absolute atomic E-state index is 0.0234. The second-order valence-corrected chi connectivity index (χ2v) is 9.95. The molecular weight excluding hydrogens is 430 g/mol. The molecule has 8 nitrogen and oxygen atoms in total. The van der Waals surface area contributed by atoms with Gasteiger partial charge >= 0.3 is 0 Å². The first-order chi connectivity index (χ1) is 15.4. The number of carbonyl (C=O) groups excluding carboxylic acids is 2. The number of anilines is 2. The molecule has 4 rings (SSSR count). The SMILES string of the molecule is O=C(CCCOc1ccc2c(c1)CCC(=O)N2)NCCS(=O)(=O)N1CCc2ccccc21. The van der Waals surface area contributed by atoms with Gasteiger partial charge in [-0.3, -0.25) is 13.9 Å². The van der Waals surface area contributed by atoms with Crippen molar-refractivity contribution in [1.29, 1.82) is 0 Å². The summed E-state index contributed by atoms with van der Waals surface area (Å²) in [7, 11) is -3.47. The van der Waals surface area contributed by atoms with E-state index in [0.29, 0.717) is 44.6 Å². The van der Waals surface area contributed by atoms with Gasteiger partial charge in [0, 0.05) is 31.6 Å². The van der Waals surface area contributed by atoms with Crippen LogP contribution in [0.1, 0.15) is 30.4 Å². The normalized spacial score (nSPS) is 15.0. The molecule has 0 saturated heterocycles. The fourth-order valence-electron chi connectivity index (χ4n) is 3.99. The van der Waals surface area contributed by atoms with E-state index in [1.54, 1.807) is 6.07 Å². The van der Waals surface area contributed by atoms with Crippen LogP contribution < -0.4 is 19.7 Å². The Morgan fingerprint density at radius 3 is 2.81 bits per heavy atom. The summed E-state index contributed by atoms with van der Waals surface area (Å²) in [6.07, 6.45) is 2.64. The Hall–Kier alpha value is -3.07. The maximum absolute atomic E-state index is 12.6. The van der Waals surface area contributed by atoms with Crippen LogP contribution in [0.3, 0.4) is 0 Å². The highest BCUT2D eigenvalue weighted by Crippen LogP contribution is 2.30. The molecule has 2 aromatic carbocycles. The van der Waals surface area contributed by atoms with Crippen molar-refractivity contribution >= 4 is 33.2 Å². The third-order valence-corrected chi connectivity index (χ3v) is 7.42. The molecule has 0 unspecified atom stereocenters. The van der Waals surface area contributed by atoms with Gasteiger partial charge in [-0.2, -0.15) is 0 Å². The number of amides is 2. The van der Waals surface area contributed by atoms with Crippen LogP contribution >= 0.6 is 0 Å². The third-order valence-electron chi connectivity index (χ3n) is 5.65. The Morgan fingerprint density at radius 2 is 1.94 bits per heavy atom. The average molecular weight is 458 g/mol. The highest BCUT2D eigenvalue weighted by molar-refractivity contribution is 7.92. The maximum atomic E-state index is 12.6. The van der Waals surface area contributed by atoms with Crippen molar-refractivity contribution in [2.24, 2.45) is 0 Å². The zero-order valence-corrected chi connectivity index (χ0v) is 18.6. The van der Waals surface area contributed by atoms with Crippen LogP contribution in [0.4, 0.5) is 11.4 Å².